The summed E-state index contributed by atoms with van der Waals surface area (Å²) < 4.78 is 8.18. The fraction of sp³-hybridized carbons (Fsp3) is 0.312. The molecule has 0 aliphatic rings. The van der Waals surface area contributed by atoms with Crippen LogP contribution in [0.1, 0.15) is 27.2 Å². The zero-order chi connectivity index (χ0) is 16.4. The molecule has 0 saturated carbocycles. The molecule has 116 valence electrons. The van der Waals surface area contributed by atoms with Gasteiger partial charge >= 0.3 is 5.69 Å². The summed E-state index contributed by atoms with van der Waals surface area (Å²) in [7, 11) is 3.03. The van der Waals surface area contributed by atoms with E-state index in [1.807, 2.05) is 13.8 Å². The largest absolute Gasteiger partial charge is 0.487 e. The Balaban J connectivity index is 2.34. The number of aldehydes is 1. The van der Waals surface area contributed by atoms with E-state index in [1.54, 1.807) is 19.2 Å². The van der Waals surface area contributed by atoms with Gasteiger partial charge in [-0.2, -0.15) is 0 Å². The second-order valence-electron chi connectivity index (χ2n) is 5.26. The monoisotopic (exact) mass is 302 g/mol. The molecule has 22 heavy (non-hydrogen) atoms. The summed E-state index contributed by atoms with van der Waals surface area (Å²) in [5, 5.41) is 0. The van der Waals surface area contributed by atoms with Crippen LogP contribution in [0.25, 0.3) is 0 Å². The number of nitrogens with zero attached hydrogens (tertiary/aromatic N) is 2. The van der Waals surface area contributed by atoms with Crippen molar-refractivity contribution in [1.82, 2.24) is 9.13 Å². The summed E-state index contributed by atoms with van der Waals surface area (Å²) in [5.41, 5.74) is 1.98. The first-order valence-corrected chi connectivity index (χ1v) is 6.80. The molecule has 1 aromatic heterocycles. The Morgan fingerprint density at radius 2 is 1.64 bits per heavy atom. The fourth-order valence-corrected chi connectivity index (χ4v) is 2.34. The van der Waals surface area contributed by atoms with E-state index >= 15 is 0 Å². The molecule has 0 unspecified atom stereocenters. The average molecular weight is 302 g/mol. The van der Waals surface area contributed by atoms with Crippen LogP contribution < -0.4 is 16.0 Å². The van der Waals surface area contributed by atoms with Crippen molar-refractivity contribution in [1.29, 1.82) is 0 Å². The van der Waals surface area contributed by atoms with Gasteiger partial charge in [0.15, 0.2) is 0 Å². The highest BCUT2D eigenvalue weighted by atomic mass is 16.5. The van der Waals surface area contributed by atoms with E-state index in [4.69, 9.17) is 4.74 Å². The molecule has 0 aliphatic heterocycles. The SMILES string of the molecule is Cc1cc(C=O)cc(C)c1OCc1cc(=O)n(C)c(=O)n1C. The van der Waals surface area contributed by atoms with Crippen LogP contribution in [-0.2, 0) is 20.7 Å². The van der Waals surface area contributed by atoms with Crippen molar-refractivity contribution in [2.24, 2.45) is 14.1 Å². The van der Waals surface area contributed by atoms with E-state index in [9.17, 15) is 14.4 Å². The zero-order valence-corrected chi connectivity index (χ0v) is 13.0. The Bertz CT molecular complexity index is 823. The van der Waals surface area contributed by atoms with Crippen LogP contribution in [0.2, 0.25) is 0 Å². The van der Waals surface area contributed by atoms with E-state index in [2.05, 4.69) is 0 Å². The molecule has 2 aromatic rings. The fourth-order valence-electron chi connectivity index (χ4n) is 2.34. The van der Waals surface area contributed by atoms with Crippen molar-refractivity contribution in [3.63, 3.8) is 0 Å². The Kier molecular flexibility index (Phi) is 4.30. The highest BCUT2D eigenvalue weighted by Gasteiger charge is 2.10. The minimum atomic E-state index is -0.393. The zero-order valence-electron chi connectivity index (χ0n) is 13.0. The number of carbonyl (C=O) groups excluding carboxylic acids is 1. The third-order valence-electron chi connectivity index (χ3n) is 3.61. The molecule has 0 spiro atoms. The number of rotatable bonds is 4. The predicted octanol–water partition coefficient (Wildman–Crippen LogP) is 1.09. The number of carbonyl (C=O) groups is 1. The highest BCUT2D eigenvalue weighted by molar-refractivity contribution is 5.76. The predicted molar refractivity (Wildman–Crippen MR) is 82.6 cm³/mol. The summed E-state index contributed by atoms with van der Waals surface area (Å²) in [5.74, 6) is 0.652. The molecule has 0 bridgehead atoms. The van der Waals surface area contributed by atoms with Gasteiger partial charge in [0.2, 0.25) is 0 Å². The normalized spacial score (nSPS) is 10.5. The lowest BCUT2D eigenvalue weighted by molar-refractivity contribution is 0.112. The molecule has 0 aliphatic carbocycles. The molecule has 1 aromatic carbocycles. The minimum Gasteiger partial charge on any atom is -0.487 e. The number of hydrogen-bond acceptors (Lipinski definition) is 4. The maximum absolute atomic E-state index is 11.9. The van der Waals surface area contributed by atoms with Gasteiger partial charge in [-0.15, -0.1) is 0 Å². The summed E-state index contributed by atoms with van der Waals surface area (Å²) in [6.07, 6.45) is 0.786. The first-order chi connectivity index (χ1) is 10.3. The second kappa shape index (κ2) is 6.01. The lowest BCUT2D eigenvalue weighted by Gasteiger charge is -2.14. The summed E-state index contributed by atoms with van der Waals surface area (Å²) >= 11 is 0. The van der Waals surface area contributed by atoms with E-state index in [0.29, 0.717) is 17.0 Å². The Morgan fingerprint density at radius 3 is 2.18 bits per heavy atom. The Hall–Kier alpha value is -2.63. The highest BCUT2D eigenvalue weighted by Crippen LogP contribution is 2.25. The van der Waals surface area contributed by atoms with E-state index < -0.39 is 5.69 Å². The van der Waals surface area contributed by atoms with E-state index in [1.165, 1.54) is 17.7 Å². The van der Waals surface area contributed by atoms with Crippen LogP contribution in [0.5, 0.6) is 5.75 Å². The number of aryl methyl sites for hydroxylation is 2. The van der Waals surface area contributed by atoms with Crippen molar-refractivity contribution in [3.8, 4) is 5.75 Å². The molecular weight excluding hydrogens is 284 g/mol. The molecule has 0 amide bonds. The molecule has 6 nitrogen and oxygen atoms in total. The van der Waals surface area contributed by atoms with E-state index in [0.717, 1.165) is 22.0 Å². The summed E-state index contributed by atoms with van der Waals surface area (Å²) in [6, 6.07) is 4.85. The molecule has 0 fully saturated rings. The van der Waals surface area contributed by atoms with Gasteiger partial charge in [0.05, 0.1) is 5.69 Å². The number of hydrogen-bond donors (Lipinski definition) is 0. The second-order valence-corrected chi connectivity index (χ2v) is 5.26. The van der Waals surface area contributed by atoms with Gasteiger partial charge in [-0.25, -0.2) is 4.79 Å². The quantitative estimate of drug-likeness (QED) is 0.793. The van der Waals surface area contributed by atoms with Gasteiger partial charge in [-0.3, -0.25) is 18.7 Å². The third kappa shape index (κ3) is 2.86. The van der Waals surface area contributed by atoms with Crippen molar-refractivity contribution >= 4 is 6.29 Å². The van der Waals surface area contributed by atoms with Crippen LogP contribution >= 0.6 is 0 Å². The maximum Gasteiger partial charge on any atom is 0.330 e. The number of ether oxygens (including phenoxy) is 1. The van der Waals surface area contributed by atoms with Gasteiger partial charge in [0.1, 0.15) is 18.6 Å². The van der Waals surface area contributed by atoms with Crippen molar-refractivity contribution in [2.45, 2.75) is 20.5 Å². The molecule has 6 heteroatoms. The van der Waals surface area contributed by atoms with Crippen LogP contribution in [0.3, 0.4) is 0 Å². The number of benzene rings is 1. The molecule has 2 rings (SSSR count). The van der Waals surface area contributed by atoms with E-state index in [-0.39, 0.29) is 12.2 Å². The molecular formula is C16H18N2O4. The van der Waals surface area contributed by atoms with Crippen molar-refractivity contribution < 1.29 is 9.53 Å². The Morgan fingerprint density at radius 1 is 1.05 bits per heavy atom. The summed E-state index contributed by atoms with van der Waals surface area (Å²) in [4.78, 5) is 34.4. The standard InChI is InChI=1S/C16H18N2O4/c1-10-5-12(8-19)6-11(2)15(10)22-9-13-7-14(20)18(4)16(21)17(13)3/h5-8H,9H2,1-4H3. The van der Waals surface area contributed by atoms with Gasteiger partial charge in [0, 0.05) is 25.7 Å². The lowest BCUT2D eigenvalue weighted by atomic mass is 10.1. The maximum atomic E-state index is 11.9. The molecule has 0 radical (unpaired) electrons. The van der Waals surface area contributed by atoms with Gasteiger partial charge in [-0.1, -0.05) is 0 Å². The van der Waals surface area contributed by atoms with Crippen LogP contribution in [-0.4, -0.2) is 15.4 Å². The lowest BCUT2D eigenvalue weighted by Crippen LogP contribution is -2.38. The van der Waals surface area contributed by atoms with Crippen LogP contribution in [0.15, 0.2) is 27.8 Å². The third-order valence-corrected chi connectivity index (χ3v) is 3.61. The van der Waals surface area contributed by atoms with Crippen LogP contribution in [0.4, 0.5) is 0 Å². The average Bonchev–Trinajstić information content (AvgIpc) is 2.48. The van der Waals surface area contributed by atoms with Crippen molar-refractivity contribution in [3.05, 3.63) is 61.4 Å². The van der Waals surface area contributed by atoms with Gasteiger partial charge < -0.3 is 4.74 Å². The molecule has 1 heterocycles. The van der Waals surface area contributed by atoms with Crippen molar-refractivity contribution in [2.75, 3.05) is 0 Å². The topological polar surface area (TPSA) is 70.3 Å². The number of aromatic nitrogens is 2. The first-order valence-electron chi connectivity index (χ1n) is 6.80. The smallest absolute Gasteiger partial charge is 0.330 e. The Labute approximate surface area is 127 Å². The molecule has 0 atom stereocenters. The van der Waals surface area contributed by atoms with Gasteiger partial charge in [-0.05, 0) is 37.1 Å². The van der Waals surface area contributed by atoms with Crippen LogP contribution in [0, 0.1) is 13.8 Å². The first kappa shape index (κ1) is 15.8. The summed E-state index contributed by atoms with van der Waals surface area (Å²) in [6.45, 7) is 3.79. The molecule has 0 N–H and O–H groups in total. The minimum absolute atomic E-state index is 0.101. The van der Waals surface area contributed by atoms with Gasteiger partial charge in [0.25, 0.3) is 5.56 Å². The molecule has 0 saturated heterocycles.